The lowest BCUT2D eigenvalue weighted by Gasteiger charge is -2.26. The molecule has 0 amide bonds. The van der Waals surface area contributed by atoms with Crippen LogP contribution in [0, 0.1) is 0 Å². The SMILES string of the molecule is COC1CCC([n+]2cc(-c3ccc(-c4ccccc4)cc3)n3c2CCCCC3)CC1. The number of fused-ring (bicyclic) bond motifs is 1. The summed E-state index contributed by atoms with van der Waals surface area (Å²) in [6.07, 6.45) is 12.9. The highest BCUT2D eigenvalue weighted by Crippen LogP contribution is 2.31. The maximum Gasteiger partial charge on any atom is 0.257 e. The summed E-state index contributed by atoms with van der Waals surface area (Å²) in [5.41, 5.74) is 5.29. The molecule has 0 spiro atoms. The monoisotopic (exact) mass is 401 g/mol. The van der Waals surface area contributed by atoms with Crippen LogP contribution in [-0.4, -0.2) is 17.8 Å². The Labute approximate surface area is 180 Å². The van der Waals surface area contributed by atoms with Crippen molar-refractivity contribution in [2.45, 2.75) is 70.1 Å². The third-order valence-electron chi connectivity index (χ3n) is 7.10. The van der Waals surface area contributed by atoms with E-state index in [0.717, 1.165) is 6.54 Å². The molecule has 0 bridgehead atoms. The Bertz CT molecular complexity index is 966. The molecule has 2 heterocycles. The van der Waals surface area contributed by atoms with Crippen LogP contribution >= 0.6 is 0 Å². The molecule has 0 N–H and O–H groups in total. The van der Waals surface area contributed by atoms with Gasteiger partial charge in [0.1, 0.15) is 12.2 Å². The van der Waals surface area contributed by atoms with Gasteiger partial charge in [0.2, 0.25) is 0 Å². The molecule has 3 heteroatoms. The van der Waals surface area contributed by atoms with Gasteiger partial charge >= 0.3 is 0 Å². The van der Waals surface area contributed by atoms with Crippen molar-refractivity contribution >= 4 is 0 Å². The number of hydrogen-bond acceptors (Lipinski definition) is 1. The van der Waals surface area contributed by atoms with E-state index >= 15 is 0 Å². The number of nitrogens with zero attached hydrogens (tertiary/aromatic N) is 2. The maximum absolute atomic E-state index is 5.62. The second-order valence-corrected chi connectivity index (χ2v) is 8.91. The molecule has 30 heavy (non-hydrogen) atoms. The second kappa shape index (κ2) is 8.77. The van der Waals surface area contributed by atoms with Gasteiger partial charge < -0.3 is 4.74 Å². The predicted molar refractivity (Wildman–Crippen MR) is 121 cm³/mol. The lowest BCUT2D eigenvalue weighted by molar-refractivity contribution is -0.732. The quantitative estimate of drug-likeness (QED) is 0.493. The number of rotatable bonds is 4. The van der Waals surface area contributed by atoms with E-state index in [-0.39, 0.29) is 0 Å². The molecule has 1 saturated carbocycles. The van der Waals surface area contributed by atoms with E-state index in [1.54, 1.807) is 0 Å². The lowest BCUT2D eigenvalue weighted by Crippen LogP contribution is -2.44. The molecule has 1 aliphatic heterocycles. The van der Waals surface area contributed by atoms with E-state index in [1.807, 2.05) is 7.11 Å². The number of hydrogen-bond donors (Lipinski definition) is 0. The fraction of sp³-hybridized carbons (Fsp3) is 0.444. The van der Waals surface area contributed by atoms with Gasteiger partial charge in [0.15, 0.2) is 5.69 Å². The van der Waals surface area contributed by atoms with Crippen molar-refractivity contribution in [2.24, 2.45) is 0 Å². The summed E-state index contributed by atoms with van der Waals surface area (Å²) in [4.78, 5) is 0. The number of aromatic nitrogens is 2. The highest BCUT2D eigenvalue weighted by Gasteiger charge is 2.32. The van der Waals surface area contributed by atoms with Crippen LogP contribution in [0.25, 0.3) is 22.4 Å². The molecule has 3 nitrogen and oxygen atoms in total. The third-order valence-corrected chi connectivity index (χ3v) is 7.10. The molecule has 0 saturated heterocycles. The van der Waals surface area contributed by atoms with Gasteiger partial charge in [0, 0.05) is 19.1 Å². The Hall–Kier alpha value is -2.39. The summed E-state index contributed by atoms with van der Waals surface area (Å²) >= 11 is 0. The molecule has 0 unspecified atom stereocenters. The Kier molecular flexibility index (Phi) is 5.72. The zero-order valence-electron chi connectivity index (χ0n) is 18.1. The van der Waals surface area contributed by atoms with E-state index in [2.05, 4.69) is 69.9 Å². The fourth-order valence-corrected chi connectivity index (χ4v) is 5.37. The summed E-state index contributed by atoms with van der Waals surface area (Å²) in [6, 6.07) is 20.4. The fourth-order valence-electron chi connectivity index (χ4n) is 5.37. The molecule has 156 valence electrons. The number of imidazole rings is 1. The van der Waals surface area contributed by atoms with Gasteiger partial charge in [-0.3, -0.25) is 0 Å². The van der Waals surface area contributed by atoms with Crippen molar-refractivity contribution in [3.05, 3.63) is 66.6 Å². The largest absolute Gasteiger partial charge is 0.381 e. The molecule has 0 radical (unpaired) electrons. The highest BCUT2D eigenvalue weighted by atomic mass is 16.5. The summed E-state index contributed by atoms with van der Waals surface area (Å²) in [7, 11) is 1.86. The number of benzene rings is 2. The van der Waals surface area contributed by atoms with Crippen LogP contribution in [0.5, 0.6) is 0 Å². The Morgan fingerprint density at radius 2 is 1.50 bits per heavy atom. The summed E-state index contributed by atoms with van der Waals surface area (Å²) in [5, 5.41) is 0. The number of methoxy groups -OCH3 is 1. The molecule has 2 aromatic carbocycles. The Morgan fingerprint density at radius 3 is 2.23 bits per heavy atom. The van der Waals surface area contributed by atoms with E-state index in [9.17, 15) is 0 Å². The number of ether oxygens (including phenoxy) is 1. The van der Waals surface area contributed by atoms with E-state index < -0.39 is 0 Å². The van der Waals surface area contributed by atoms with Gasteiger partial charge in [0.25, 0.3) is 5.82 Å². The molecule has 1 aromatic heterocycles. The topological polar surface area (TPSA) is 18.0 Å². The average molecular weight is 402 g/mol. The normalized spacial score (nSPS) is 21.8. The Morgan fingerprint density at radius 1 is 0.800 bits per heavy atom. The van der Waals surface area contributed by atoms with Crippen molar-refractivity contribution in [1.29, 1.82) is 0 Å². The van der Waals surface area contributed by atoms with Gasteiger partial charge in [-0.2, -0.15) is 0 Å². The Balaban J connectivity index is 1.48. The van der Waals surface area contributed by atoms with Gasteiger partial charge in [-0.15, -0.1) is 0 Å². The lowest BCUT2D eigenvalue weighted by atomic mass is 9.92. The molecule has 0 atom stereocenters. The van der Waals surface area contributed by atoms with Gasteiger partial charge in [0.05, 0.1) is 12.6 Å². The molecular formula is C27H33N2O+. The van der Waals surface area contributed by atoms with Gasteiger partial charge in [-0.05, 0) is 68.2 Å². The zero-order chi connectivity index (χ0) is 20.3. The molecule has 2 aliphatic rings. The summed E-state index contributed by atoms with van der Waals surface area (Å²) in [6.45, 7) is 1.14. The average Bonchev–Trinajstić information content (AvgIpc) is 3.00. The molecular weight excluding hydrogens is 368 g/mol. The minimum absolute atomic E-state index is 0.452. The van der Waals surface area contributed by atoms with Crippen molar-refractivity contribution in [1.82, 2.24) is 4.57 Å². The minimum Gasteiger partial charge on any atom is -0.381 e. The summed E-state index contributed by atoms with van der Waals surface area (Å²) < 4.78 is 10.9. The first-order valence-electron chi connectivity index (χ1n) is 11.7. The van der Waals surface area contributed by atoms with E-state index in [0.29, 0.717) is 12.1 Å². The third kappa shape index (κ3) is 3.83. The van der Waals surface area contributed by atoms with Gasteiger partial charge in [-0.25, -0.2) is 9.13 Å². The molecule has 5 rings (SSSR count). The highest BCUT2D eigenvalue weighted by molar-refractivity contribution is 5.68. The van der Waals surface area contributed by atoms with Crippen LogP contribution in [0.4, 0.5) is 0 Å². The van der Waals surface area contributed by atoms with Crippen LogP contribution in [0.3, 0.4) is 0 Å². The first kappa shape index (κ1) is 19.6. The van der Waals surface area contributed by atoms with Gasteiger partial charge in [-0.1, -0.05) is 42.5 Å². The minimum atomic E-state index is 0.452. The zero-order valence-corrected chi connectivity index (χ0v) is 18.1. The first-order valence-corrected chi connectivity index (χ1v) is 11.7. The second-order valence-electron chi connectivity index (χ2n) is 8.91. The van der Waals surface area contributed by atoms with Crippen molar-refractivity contribution in [2.75, 3.05) is 7.11 Å². The molecule has 1 aliphatic carbocycles. The van der Waals surface area contributed by atoms with Crippen LogP contribution < -0.4 is 4.57 Å². The first-order chi connectivity index (χ1) is 14.8. The van der Waals surface area contributed by atoms with E-state index in [1.165, 1.54) is 79.6 Å². The van der Waals surface area contributed by atoms with Crippen LogP contribution in [-0.2, 0) is 17.7 Å². The van der Waals surface area contributed by atoms with Crippen molar-refractivity contribution in [3.8, 4) is 22.4 Å². The standard InChI is InChI=1S/C27H33N2O/c1-30-25-17-15-24(16-18-25)29-20-26(28-19-7-3-6-10-27(28)29)23-13-11-22(12-14-23)21-8-4-2-5-9-21/h2,4-5,8-9,11-14,20,24-25H,3,6-7,10,15-19H2,1H3/q+1. The van der Waals surface area contributed by atoms with E-state index in [4.69, 9.17) is 4.74 Å². The maximum atomic E-state index is 5.62. The van der Waals surface area contributed by atoms with Crippen LogP contribution in [0.2, 0.25) is 0 Å². The molecule has 3 aromatic rings. The molecule has 1 fully saturated rings. The predicted octanol–water partition coefficient (Wildman–Crippen LogP) is 5.97. The van der Waals surface area contributed by atoms with Crippen LogP contribution in [0.15, 0.2) is 60.8 Å². The van der Waals surface area contributed by atoms with Crippen LogP contribution in [0.1, 0.15) is 56.8 Å². The summed E-state index contributed by atoms with van der Waals surface area (Å²) in [5.74, 6) is 1.54. The smallest absolute Gasteiger partial charge is 0.257 e. The van der Waals surface area contributed by atoms with Crippen molar-refractivity contribution in [3.63, 3.8) is 0 Å². The van der Waals surface area contributed by atoms with Crippen molar-refractivity contribution < 1.29 is 9.30 Å².